The molecule has 1 heteroatoms. The Kier molecular flexibility index (Phi) is 12.3. The van der Waals surface area contributed by atoms with Crippen molar-refractivity contribution in [1.29, 1.82) is 0 Å². The molecule has 1 nitrogen and oxygen atoms in total. The molecule has 0 fully saturated rings. The zero-order chi connectivity index (χ0) is 26.5. The Labute approximate surface area is 227 Å². The van der Waals surface area contributed by atoms with Crippen LogP contribution >= 0.6 is 0 Å². The van der Waals surface area contributed by atoms with Gasteiger partial charge in [0.25, 0.3) is 0 Å². The lowest BCUT2D eigenvalue weighted by molar-refractivity contribution is 0.459. The maximum atomic E-state index is 11.0. The van der Waals surface area contributed by atoms with Crippen molar-refractivity contribution in [1.82, 2.24) is 0 Å². The van der Waals surface area contributed by atoms with Gasteiger partial charge >= 0.3 is 0 Å². The molecule has 1 N–H and O–H groups in total. The molecule has 0 spiro atoms. The molecule has 0 amide bonds. The third-order valence-electron chi connectivity index (χ3n) is 8.03. The van der Waals surface area contributed by atoms with Gasteiger partial charge in [0.2, 0.25) is 0 Å². The standard InChI is InChI=1S/C36H50O/c1-5-7-9-11-18-30-20-13-15-22-32(30)26-28(3)34-24-17-25-35(37)36(34)29(4)27-33-23-16-14-21-31(33)19-12-10-8-6-2/h13-17,20-25,28-29,37H,5-12,18-19,26-27H2,1-4H3. The molecule has 3 aromatic rings. The lowest BCUT2D eigenvalue weighted by atomic mass is 9.81. The van der Waals surface area contributed by atoms with Crippen molar-refractivity contribution in [2.75, 3.05) is 0 Å². The van der Waals surface area contributed by atoms with E-state index in [1.165, 1.54) is 85.6 Å². The normalized spacial score (nSPS) is 13.0. The Bertz CT molecular complexity index is 1070. The number of rotatable bonds is 16. The Morgan fingerprint density at radius 2 is 1.03 bits per heavy atom. The van der Waals surface area contributed by atoms with Gasteiger partial charge in [-0.05, 0) is 84.2 Å². The van der Waals surface area contributed by atoms with Gasteiger partial charge in [-0.2, -0.15) is 0 Å². The largest absolute Gasteiger partial charge is 0.508 e. The Morgan fingerprint density at radius 3 is 1.54 bits per heavy atom. The molecule has 3 rings (SSSR count). The van der Waals surface area contributed by atoms with Crippen molar-refractivity contribution in [3.05, 3.63) is 100 Å². The number of phenols is 1. The van der Waals surface area contributed by atoms with Gasteiger partial charge in [0, 0.05) is 5.56 Å². The second-order valence-electron chi connectivity index (χ2n) is 11.1. The summed E-state index contributed by atoms with van der Waals surface area (Å²) in [6.45, 7) is 9.17. The molecule has 37 heavy (non-hydrogen) atoms. The van der Waals surface area contributed by atoms with Crippen LogP contribution in [0, 0.1) is 0 Å². The molecule has 0 heterocycles. The minimum Gasteiger partial charge on any atom is -0.508 e. The Morgan fingerprint density at radius 1 is 0.541 bits per heavy atom. The van der Waals surface area contributed by atoms with E-state index < -0.39 is 0 Å². The lowest BCUT2D eigenvalue weighted by Gasteiger charge is -2.24. The summed E-state index contributed by atoms with van der Waals surface area (Å²) in [5, 5.41) is 11.0. The number of hydrogen-bond acceptors (Lipinski definition) is 1. The minimum atomic E-state index is 0.264. The first-order valence-corrected chi connectivity index (χ1v) is 15.0. The van der Waals surface area contributed by atoms with E-state index in [9.17, 15) is 5.11 Å². The van der Waals surface area contributed by atoms with Gasteiger partial charge in [-0.25, -0.2) is 0 Å². The molecular formula is C36H50O. The number of phenolic OH excluding ortho intramolecular Hbond substituents is 1. The maximum absolute atomic E-state index is 11.0. The minimum absolute atomic E-state index is 0.264. The topological polar surface area (TPSA) is 20.2 Å². The van der Waals surface area contributed by atoms with Crippen molar-refractivity contribution in [3.8, 4) is 5.75 Å². The summed E-state index contributed by atoms with van der Waals surface area (Å²) in [6.07, 6.45) is 14.7. The molecule has 0 saturated heterocycles. The van der Waals surface area contributed by atoms with Crippen molar-refractivity contribution in [2.24, 2.45) is 0 Å². The predicted octanol–water partition coefficient (Wildman–Crippen LogP) is 10.3. The summed E-state index contributed by atoms with van der Waals surface area (Å²) < 4.78 is 0. The Balaban J connectivity index is 1.76. The quantitative estimate of drug-likeness (QED) is 0.195. The highest BCUT2D eigenvalue weighted by Gasteiger charge is 2.21. The van der Waals surface area contributed by atoms with Crippen molar-refractivity contribution >= 4 is 0 Å². The number of aromatic hydroxyl groups is 1. The van der Waals surface area contributed by atoms with Crippen LogP contribution in [0.4, 0.5) is 0 Å². The van der Waals surface area contributed by atoms with Gasteiger partial charge in [-0.3, -0.25) is 0 Å². The summed E-state index contributed by atoms with van der Waals surface area (Å²) in [6, 6.07) is 24.1. The zero-order valence-electron chi connectivity index (χ0n) is 23.9. The fraction of sp³-hybridized carbons (Fsp3) is 0.500. The highest BCUT2D eigenvalue weighted by Crippen LogP contribution is 2.37. The summed E-state index contributed by atoms with van der Waals surface area (Å²) in [7, 11) is 0. The summed E-state index contributed by atoms with van der Waals surface area (Å²) in [4.78, 5) is 0. The highest BCUT2D eigenvalue weighted by atomic mass is 16.3. The van der Waals surface area contributed by atoms with E-state index in [1.807, 2.05) is 12.1 Å². The van der Waals surface area contributed by atoms with Gasteiger partial charge in [0.15, 0.2) is 0 Å². The van der Waals surface area contributed by atoms with Crippen molar-refractivity contribution in [2.45, 2.75) is 117 Å². The van der Waals surface area contributed by atoms with Gasteiger partial charge in [-0.1, -0.05) is 127 Å². The first-order valence-electron chi connectivity index (χ1n) is 15.0. The van der Waals surface area contributed by atoms with Crippen LogP contribution in [0.25, 0.3) is 0 Å². The fourth-order valence-corrected chi connectivity index (χ4v) is 5.89. The third-order valence-corrected chi connectivity index (χ3v) is 8.03. The monoisotopic (exact) mass is 498 g/mol. The molecular weight excluding hydrogens is 448 g/mol. The third kappa shape index (κ3) is 8.77. The molecule has 0 radical (unpaired) electrons. The van der Waals surface area contributed by atoms with Crippen molar-refractivity contribution < 1.29 is 5.11 Å². The molecule has 0 saturated carbocycles. The number of unbranched alkanes of at least 4 members (excludes halogenated alkanes) is 6. The van der Waals surface area contributed by atoms with Gasteiger partial charge < -0.3 is 5.11 Å². The van der Waals surface area contributed by atoms with Crippen LogP contribution in [-0.4, -0.2) is 5.11 Å². The van der Waals surface area contributed by atoms with Crippen LogP contribution in [0.2, 0.25) is 0 Å². The van der Waals surface area contributed by atoms with E-state index in [1.54, 1.807) is 0 Å². The Hall–Kier alpha value is -2.54. The van der Waals surface area contributed by atoms with E-state index in [4.69, 9.17) is 0 Å². The molecule has 0 aliphatic heterocycles. The van der Waals surface area contributed by atoms with Crippen LogP contribution < -0.4 is 0 Å². The molecule has 2 unspecified atom stereocenters. The molecule has 2 atom stereocenters. The number of benzene rings is 3. The fourth-order valence-electron chi connectivity index (χ4n) is 5.89. The van der Waals surface area contributed by atoms with Gasteiger partial charge in [0.1, 0.15) is 5.75 Å². The van der Waals surface area contributed by atoms with Crippen LogP contribution in [0.15, 0.2) is 66.7 Å². The molecule has 200 valence electrons. The first-order chi connectivity index (χ1) is 18.0. The average molecular weight is 499 g/mol. The predicted molar refractivity (Wildman–Crippen MR) is 161 cm³/mol. The highest BCUT2D eigenvalue weighted by molar-refractivity contribution is 5.45. The summed E-state index contributed by atoms with van der Waals surface area (Å²) in [5.41, 5.74) is 8.31. The first kappa shape index (κ1) is 29.0. The molecule has 0 aromatic heterocycles. The molecule has 0 aliphatic rings. The maximum Gasteiger partial charge on any atom is 0.119 e. The lowest BCUT2D eigenvalue weighted by Crippen LogP contribution is -2.09. The SMILES string of the molecule is CCCCCCc1ccccc1CC(C)c1cccc(O)c1C(C)Cc1ccccc1CCCCCC. The van der Waals surface area contributed by atoms with Crippen LogP contribution in [-0.2, 0) is 25.7 Å². The van der Waals surface area contributed by atoms with Gasteiger partial charge in [0.05, 0.1) is 0 Å². The molecule has 0 aliphatic carbocycles. The van der Waals surface area contributed by atoms with Crippen LogP contribution in [0.1, 0.15) is 124 Å². The zero-order valence-corrected chi connectivity index (χ0v) is 23.9. The van der Waals surface area contributed by atoms with E-state index in [2.05, 4.69) is 82.3 Å². The van der Waals surface area contributed by atoms with E-state index in [0.717, 1.165) is 24.8 Å². The van der Waals surface area contributed by atoms with Crippen LogP contribution in [0.3, 0.4) is 0 Å². The number of aryl methyl sites for hydroxylation is 2. The van der Waals surface area contributed by atoms with E-state index in [0.29, 0.717) is 11.7 Å². The summed E-state index contributed by atoms with van der Waals surface area (Å²) >= 11 is 0. The second kappa shape index (κ2) is 15.7. The van der Waals surface area contributed by atoms with Crippen molar-refractivity contribution in [3.63, 3.8) is 0 Å². The summed E-state index contributed by atoms with van der Waals surface area (Å²) in [5.74, 6) is 1.07. The van der Waals surface area contributed by atoms with Crippen LogP contribution in [0.5, 0.6) is 5.75 Å². The van der Waals surface area contributed by atoms with E-state index >= 15 is 0 Å². The molecule has 3 aromatic carbocycles. The molecule has 0 bridgehead atoms. The second-order valence-corrected chi connectivity index (χ2v) is 11.1. The number of hydrogen-bond donors (Lipinski definition) is 1. The van der Waals surface area contributed by atoms with E-state index in [-0.39, 0.29) is 5.92 Å². The van der Waals surface area contributed by atoms with Gasteiger partial charge in [-0.15, -0.1) is 0 Å². The average Bonchev–Trinajstić information content (AvgIpc) is 2.90. The smallest absolute Gasteiger partial charge is 0.119 e.